The predicted molar refractivity (Wildman–Crippen MR) is 170 cm³/mol. The molecule has 0 unspecified atom stereocenters. The number of halogens is 1. The maximum Gasteiger partial charge on any atom is 0.274 e. The van der Waals surface area contributed by atoms with Crippen LogP contribution in [0.1, 0.15) is 45.8 Å². The lowest BCUT2D eigenvalue weighted by atomic mass is 9.97. The van der Waals surface area contributed by atoms with E-state index < -0.39 is 0 Å². The summed E-state index contributed by atoms with van der Waals surface area (Å²) in [6.45, 7) is 6.24. The Labute approximate surface area is 265 Å². The first-order valence-corrected chi connectivity index (χ1v) is 15.7. The van der Waals surface area contributed by atoms with E-state index in [0.29, 0.717) is 53.6 Å². The van der Waals surface area contributed by atoms with Crippen molar-refractivity contribution in [2.45, 2.75) is 58.3 Å². The maximum absolute atomic E-state index is 14.9. The highest BCUT2D eigenvalue weighted by molar-refractivity contribution is 5.96. The molecule has 4 aromatic rings. The van der Waals surface area contributed by atoms with Crippen LogP contribution in [-0.2, 0) is 49.1 Å². The zero-order chi connectivity index (χ0) is 31.9. The minimum Gasteiger partial charge on any atom is -0.378 e. The van der Waals surface area contributed by atoms with Gasteiger partial charge in [-0.2, -0.15) is 5.10 Å². The fraction of sp³-hybridized carbons (Fsp3) is 0.424. The number of aldehydes is 1. The lowest BCUT2D eigenvalue weighted by Crippen LogP contribution is -2.51. The van der Waals surface area contributed by atoms with Crippen LogP contribution in [0.25, 0.3) is 11.1 Å². The van der Waals surface area contributed by atoms with Crippen LogP contribution in [0.15, 0.2) is 35.4 Å². The highest BCUT2D eigenvalue weighted by atomic mass is 19.1. The molecule has 240 valence electrons. The van der Waals surface area contributed by atoms with Gasteiger partial charge in [-0.15, -0.1) is 0 Å². The van der Waals surface area contributed by atoms with E-state index in [1.807, 2.05) is 15.3 Å². The van der Waals surface area contributed by atoms with Gasteiger partial charge in [-0.3, -0.25) is 28.9 Å². The van der Waals surface area contributed by atoms with E-state index in [1.54, 1.807) is 32.3 Å². The number of anilines is 3. The molecule has 3 aliphatic rings. The molecule has 1 fully saturated rings. The lowest BCUT2D eigenvalue weighted by Gasteiger charge is -2.39. The Morgan fingerprint density at radius 1 is 1.17 bits per heavy atom. The molecule has 4 aromatic heterocycles. The number of nitrogens with one attached hydrogen (secondary N) is 1. The van der Waals surface area contributed by atoms with Crippen molar-refractivity contribution in [3.8, 4) is 11.1 Å². The van der Waals surface area contributed by atoms with Crippen LogP contribution >= 0.6 is 0 Å². The summed E-state index contributed by atoms with van der Waals surface area (Å²) in [7, 11) is 1.65. The molecule has 0 saturated carbocycles. The van der Waals surface area contributed by atoms with Crippen molar-refractivity contribution in [2.75, 3.05) is 36.5 Å². The summed E-state index contributed by atoms with van der Waals surface area (Å²) in [6.07, 6.45) is 8.01. The first-order valence-electron chi connectivity index (χ1n) is 15.7. The van der Waals surface area contributed by atoms with Crippen LogP contribution in [0, 0.1) is 12.7 Å². The van der Waals surface area contributed by atoms with Gasteiger partial charge in [-0.25, -0.2) is 9.37 Å². The number of rotatable bonds is 10. The smallest absolute Gasteiger partial charge is 0.274 e. The molecule has 1 aliphatic carbocycles. The second-order valence-corrected chi connectivity index (χ2v) is 12.3. The van der Waals surface area contributed by atoms with Gasteiger partial charge < -0.3 is 19.2 Å². The average Bonchev–Trinajstić information content (AvgIpc) is 3.55. The van der Waals surface area contributed by atoms with Gasteiger partial charge in [0.25, 0.3) is 5.56 Å². The first-order chi connectivity index (χ1) is 22.4. The van der Waals surface area contributed by atoms with E-state index in [1.165, 1.54) is 15.7 Å². The van der Waals surface area contributed by atoms with Gasteiger partial charge >= 0.3 is 0 Å². The second-order valence-electron chi connectivity index (χ2n) is 12.3. The summed E-state index contributed by atoms with van der Waals surface area (Å²) in [4.78, 5) is 46.3. The molecule has 12 nitrogen and oxygen atoms in total. The molecule has 1 amide bonds. The molecule has 7 rings (SSSR count). The fourth-order valence-electron chi connectivity index (χ4n) is 6.92. The molecule has 0 radical (unpaired) electrons. The third-order valence-electron chi connectivity index (χ3n) is 9.52. The summed E-state index contributed by atoms with van der Waals surface area (Å²) in [5, 5.41) is 7.88. The summed E-state index contributed by atoms with van der Waals surface area (Å²) < 4.78 is 25.7. The van der Waals surface area contributed by atoms with Crippen LogP contribution < -0.4 is 15.8 Å². The number of hydrogen-bond acceptors (Lipinski definition) is 8. The maximum atomic E-state index is 14.9. The summed E-state index contributed by atoms with van der Waals surface area (Å²) in [5.41, 5.74) is 4.76. The minimum atomic E-state index is -0.253. The quantitative estimate of drug-likeness (QED) is 0.266. The van der Waals surface area contributed by atoms with E-state index in [2.05, 4.69) is 20.3 Å². The predicted octanol–water partition coefficient (Wildman–Crippen LogP) is 3.21. The Balaban J connectivity index is 1.15. The molecule has 1 N–H and O–H groups in total. The van der Waals surface area contributed by atoms with E-state index >= 15 is 0 Å². The molecule has 2 aliphatic heterocycles. The molecule has 46 heavy (non-hydrogen) atoms. The third kappa shape index (κ3) is 5.32. The molecular formula is C33H37FN8O4. The van der Waals surface area contributed by atoms with Crippen molar-refractivity contribution in [1.82, 2.24) is 28.8 Å². The van der Waals surface area contributed by atoms with Crippen molar-refractivity contribution >= 4 is 30.0 Å². The van der Waals surface area contributed by atoms with Gasteiger partial charge in [0.15, 0.2) is 12.1 Å². The van der Waals surface area contributed by atoms with Crippen LogP contribution in [0.5, 0.6) is 0 Å². The number of hydrogen-bond donors (Lipinski definition) is 1. The fourth-order valence-corrected chi connectivity index (χ4v) is 6.92. The number of aryl methyl sites for hydroxylation is 1. The van der Waals surface area contributed by atoms with E-state index in [-0.39, 0.29) is 29.3 Å². The van der Waals surface area contributed by atoms with Crippen LogP contribution in [0.2, 0.25) is 0 Å². The van der Waals surface area contributed by atoms with Crippen molar-refractivity contribution in [3.63, 3.8) is 0 Å². The second kappa shape index (κ2) is 12.3. The Morgan fingerprint density at radius 2 is 2.00 bits per heavy atom. The molecule has 1 saturated heterocycles. The zero-order valence-electron chi connectivity index (χ0n) is 26.0. The number of fused-ring (bicyclic) bond motifs is 2. The van der Waals surface area contributed by atoms with Crippen LogP contribution in [0.4, 0.5) is 21.7 Å². The van der Waals surface area contributed by atoms with Crippen molar-refractivity contribution < 1.29 is 18.7 Å². The third-order valence-corrected chi connectivity index (χ3v) is 9.52. The Hall–Kier alpha value is -4.62. The number of nitrogens with zero attached hydrogens (tertiary/aromatic N) is 7. The Morgan fingerprint density at radius 3 is 2.76 bits per heavy atom. The summed E-state index contributed by atoms with van der Waals surface area (Å²) >= 11 is 0. The molecule has 0 atom stereocenters. The van der Waals surface area contributed by atoms with E-state index in [0.717, 1.165) is 75.5 Å². The van der Waals surface area contributed by atoms with Gasteiger partial charge in [-0.1, -0.05) is 0 Å². The van der Waals surface area contributed by atoms with Gasteiger partial charge in [0.2, 0.25) is 6.41 Å². The number of carbonyl (C=O) groups excluding carboxylic acids is 2. The normalized spacial score (nSPS) is 16.4. The van der Waals surface area contributed by atoms with Gasteiger partial charge in [0.05, 0.1) is 42.8 Å². The van der Waals surface area contributed by atoms with Crippen molar-refractivity contribution in [3.05, 3.63) is 75.0 Å². The van der Waals surface area contributed by atoms with Gasteiger partial charge in [0, 0.05) is 68.5 Å². The van der Waals surface area contributed by atoms with Gasteiger partial charge in [-0.05, 0) is 50.3 Å². The standard InChI is InChI=1S/C33H37FN8O4/c1-21-31(34)26-5-3-4-6-29(26)41(21)11-9-40(20-44)32-27(17-43)25(7-8-35-32)22-13-28(33(45)38(2)15-22)36-30-14-23-16-39(24-18-46-19-24)10-12-42(23)37-30/h7-8,13-15,17,20,24H,3-6,9-12,16,18-19H2,1-2H3,(H,36,37). The van der Waals surface area contributed by atoms with Crippen molar-refractivity contribution in [2.24, 2.45) is 7.05 Å². The topological polar surface area (TPSA) is 120 Å². The van der Waals surface area contributed by atoms with Crippen LogP contribution in [-0.4, -0.2) is 73.8 Å². The Kier molecular flexibility index (Phi) is 8.03. The van der Waals surface area contributed by atoms with Gasteiger partial charge in [0.1, 0.15) is 17.3 Å². The van der Waals surface area contributed by atoms with E-state index in [9.17, 15) is 18.8 Å². The average molecular weight is 629 g/mol. The lowest BCUT2D eigenvalue weighted by molar-refractivity contribution is -0.107. The monoisotopic (exact) mass is 628 g/mol. The summed E-state index contributed by atoms with van der Waals surface area (Å²) in [5.74, 6) is 0.600. The minimum absolute atomic E-state index is 0.165. The number of amides is 1. The number of carbonyl (C=O) groups is 2. The molecule has 0 spiro atoms. The number of aromatic nitrogens is 5. The highest BCUT2D eigenvalue weighted by Crippen LogP contribution is 2.31. The molecule has 6 heterocycles. The number of pyridine rings is 2. The largest absolute Gasteiger partial charge is 0.378 e. The van der Waals surface area contributed by atoms with Crippen LogP contribution in [0.3, 0.4) is 0 Å². The molecule has 0 bridgehead atoms. The van der Waals surface area contributed by atoms with Crippen molar-refractivity contribution in [1.29, 1.82) is 0 Å². The SMILES string of the molecule is Cc1c(F)c2c(n1CCN(C=O)c1nccc(-c3cc(Nc4cc5n(n4)CCN(C4COC4)C5)c(=O)n(C)c3)c1C=O)CCCC2. The molecule has 0 aromatic carbocycles. The number of ether oxygens (including phenoxy) is 1. The highest BCUT2D eigenvalue weighted by Gasteiger charge is 2.30. The molecular weight excluding hydrogens is 591 g/mol. The van der Waals surface area contributed by atoms with E-state index in [4.69, 9.17) is 4.74 Å². The summed E-state index contributed by atoms with van der Waals surface area (Å²) in [6, 6.07) is 5.77. The molecule has 13 heteroatoms. The zero-order valence-corrected chi connectivity index (χ0v) is 26.0. The first kappa shape index (κ1) is 30.1. The Bertz CT molecular complexity index is 1870.